The second-order valence-electron chi connectivity index (χ2n) is 12.1. The molecule has 0 aliphatic heterocycles. The lowest BCUT2D eigenvalue weighted by atomic mass is 9.93. The summed E-state index contributed by atoms with van der Waals surface area (Å²) in [6.45, 7) is 0. The Morgan fingerprint density at radius 2 is 0.556 bits per heavy atom. The lowest BCUT2D eigenvalue weighted by Gasteiger charge is -2.17. The van der Waals surface area contributed by atoms with Crippen LogP contribution >= 0.6 is 0 Å². The summed E-state index contributed by atoms with van der Waals surface area (Å²) >= 11 is 0. The summed E-state index contributed by atoms with van der Waals surface area (Å²) in [5, 5.41) is 24.3. The van der Waals surface area contributed by atoms with Crippen molar-refractivity contribution in [2.45, 2.75) is 0 Å². The van der Waals surface area contributed by atoms with Crippen molar-refractivity contribution >= 4 is 97.6 Å². The minimum atomic E-state index is 1.12. The predicted molar refractivity (Wildman–Crippen MR) is 196 cm³/mol. The predicted octanol–water partition coefficient (Wildman–Crippen LogP) is 12.7. The van der Waals surface area contributed by atoms with E-state index in [-0.39, 0.29) is 0 Å². The molecule has 10 aromatic rings. The molecule has 0 amide bonds. The molecule has 1 heteroatoms. The van der Waals surface area contributed by atoms with E-state index in [0.717, 1.165) is 11.4 Å². The van der Waals surface area contributed by atoms with Crippen molar-refractivity contribution in [3.63, 3.8) is 0 Å². The molecule has 0 atom stereocenters. The molecule has 0 aliphatic carbocycles. The van der Waals surface area contributed by atoms with E-state index in [2.05, 4.69) is 163 Å². The van der Waals surface area contributed by atoms with E-state index in [0.29, 0.717) is 0 Å². The highest BCUT2D eigenvalue weighted by molar-refractivity contribution is 6.26. The van der Waals surface area contributed by atoms with Crippen LogP contribution in [0.15, 0.2) is 158 Å². The third kappa shape index (κ3) is 3.56. The zero-order valence-electron chi connectivity index (χ0n) is 24.5. The summed E-state index contributed by atoms with van der Waals surface area (Å²) in [4.78, 5) is 0. The summed E-state index contributed by atoms with van der Waals surface area (Å²) < 4.78 is 0. The highest BCUT2D eigenvalue weighted by atomic mass is 14.9. The first kappa shape index (κ1) is 24.5. The third-order valence-electron chi connectivity index (χ3n) is 9.80. The largest absolute Gasteiger partial charge is 0.354 e. The number of hydrogen-bond donors (Lipinski definition) is 1. The maximum absolute atomic E-state index is 3.93. The van der Waals surface area contributed by atoms with Crippen LogP contribution in [-0.4, -0.2) is 0 Å². The molecule has 0 aliphatic rings. The first-order valence-electron chi connectivity index (χ1n) is 15.6. The number of hydrogen-bond acceptors (Lipinski definition) is 1. The number of fused-ring (bicyclic) bond motifs is 14. The Morgan fingerprint density at radius 3 is 1.04 bits per heavy atom. The van der Waals surface area contributed by atoms with Crippen LogP contribution in [-0.2, 0) is 0 Å². The first-order valence-corrected chi connectivity index (χ1v) is 15.6. The lowest BCUT2D eigenvalue weighted by Crippen LogP contribution is -1.94. The number of anilines is 2. The summed E-state index contributed by atoms with van der Waals surface area (Å²) in [6.07, 6.45) is 0. The Balaban J connectivity index is 1.21. The van der Waals surface area contributed by atoms with Crippen molar-refractivity contribution in [1.82, 2.24) is 0 Å². The quantitative estimate of drug-likeness (QED) is 0.204. The van der Waals surface area contributed by atoms with Crippen molar-refractivity contribution in [1.29, 1.82) is 0 Å². The number of benzene rings is 10. The van der Waals surface area contributed by atoms with Gasteiger partial charge >= 0.3 is 0 Å². The van der Waals surface area contributed by atoms with Crippen molar-refractivity contribution in [3.05, 3.63) is 158 Å². The fourth-order valence-electron chi connectivity index (χ4n) is 7.74. The van der Waals surface area contributed by atoms with Crippen molar-refractivity contribution in [2.75, 3.05) is 5.32 Å². The highest BCUT2D eigenvalue weighted by Crippen LogP contribution is 2.41. The average molecular weight is 570 g/mol. The molecule has 1 N–H and O–H groups in total. The molecular weight excluding hydrogens is 542 g/mol. The maximum Gasteiger partial charge on any atom is 0.0470 e. The molecule has 45 heavy (non-hydrogen) atoms. The molecule has 10 aromatic carbocycles. The van der Waals surface area contributed by atoms with Gasteiger partial charge in [0.05, 0.1) is 0 Å². The summed E-state index contributed by atoms with van der Waals surface area (Å²) in [6, 6.07) is 58.0. The van der Waals surface area contributed by atoms with Crippen molar-refractivity contribution in [3.8, 4) is 0 Å². The Hall–Kier alpha value is -5.92. The van der Waals surface area contributed by atoms with E-state index < -0.39 is 0 Å². The van der Waals surface area contributed by atoms with Gasteiger partial charge in [-0.1, -0.05) is 146 Å². The fourth-order valence-corrected chi connectivity index (χ4v) is 7.74. The second-order valence-corrected chi connectivity index (χ2v) is 12.1. The second kappa shape index (κ2) is 9.29. The van der Waals surface area contributed by atoms with Crippen LogP contribution in [0.2, 0.25) is 0 Å². The molecule has 0 saturated heterocycles. The Bertz CT molecular complexity index is 2650. The van der Waals surface area contributed by atoms with E-state index in [1.54, 1.807) is 0 Å². The molecule has 0 fully saturated rings. The minimum absolute atomic E-state index is 1.12. The Kier molecular flexibility index (Phi) is 5.06. The van der Waals surface area contributed by atoms with Gasteiger partial charge in [-0.2, -0.15) is 0 Å². The molecule has 10 rings (SSSR count). The van der Waals surface area contributed by atoms with Crippen molar-refractivity contribution < 1.29 is 0 Å². The average Bonchev–Trinajstić information content (AvgIpc) is 3.10. The van der Waals surface area contributed by atoms with Crippen LogP contribution in [0.1, 0.15) is 0 Å². The summed E-state index contributed by atoms with van der Waals surface area (Å²) in [7, 11) is 0. The maximum atomic E-state index is 3.93. The van der Waals surface area contributed by atoms with Gasteiger partial charge in [0.1, 0.15) is 0 Å². The zero-order valence-corrected chi connectivity index (χ0v) is 24.5. The van der Waals surface area contributed by atoms with E-state index in [1.165, 1.54) is 86.2 Å². The fraction of sp³-hybridized carbons (Fsp3) is 0. The van der Waals surface area contributed by atoms with Gasteiger partial charge in [0.15, 0.2) is 0 Å². The molecule has 0 radical (unpaired) electrons. The van der Waals surface area contributed by atoms with E-state index in [1.807, 2.05) is 0 Å². The monoisotopic (exact) mass is 569 g/mol. The molecule has 0 aromatic heterocycles. The number of nitrogens with one attached hydrogen (secondary N) is 1. The minimum Gasteiger partial charge on any atom is -0.354 e. The van der Waals surface area contributed by atoms with E-state index >= 15 is 0 Å². The molecule has 0 bridgehead atoms. The van der Waals surface area contributed by atoms with Crippen LogP contribution in [0.4, 0.5) is 11.4 Å². The molecule has 0 heterocycles. The first-order chi connectivity index (χ1) is 22.3. The van der Waals surface area contributed by atoms with E-state index in [4.69, 9.17) is 0 Å². The van der Waals surface area contributed by atoms with E-state index in [9.17, 15) is 0 Å². The van der Waals surface area contributed by atoms with Gasteiger partial charge in [-0.25, -0.2) is 0 Å². The Morgan fingerprint density at radius 1 is 0.222 bits per heavy atom. The van der Waals surface area contributed by atoms with Crippen LogP contribution in [0.3, 0.4) is 0 Å². The van der Waals surface area contributed by atoms with Crippen LogP contribution in [0.25, 0.3) is 86.2 Å². The van der Waals surface area contributed by atoms with Crippen LogP contribution in [0.5, 0.6) is 0 Å². The third-order valence-corrected chi connectivity index (χ3v) is 9.80. The van der Waals surface area contributed by atoms with Gasteiger partial charge in [-0.3, -0.25) is 0 Å². The van der Waals surface area contributed by atoms with Gasteiger partial charge in [-0.05, 0) is 87.5 Å². The van der Waals surface area contributed by atoms with Gasteiger partial charge in [0, 0.05) is 22.1 Å². The van der Waals surface area contributed by atoms with Gasteiger partial charge in [0.25, 0.3) is 0 Å². The standard InChI is InChI=1S/C44H27N/c1-3-11-31-27(7-1)15-19-35-33(31)23-25-39-37(35)21-17-29-9-5-13-41(43(29)39)45-42-14-6-10-30-18-22-38-36-20-16-28-8-2-4-12-32(28)34(36)24-26-40(38)44(30)42/h1-26,45H. The normalized spacial score (nSPS) is 12.0. The molecule has 208 valence electrons. The molecule has 0 spiro atoms. The molecule has 1 nitrogen and oxygen atoms in total. The molecule has 0 unspecified atom stereocenters. The van der Waals surface area contributed by atoms with Gasteiger partial charge in [0.2, 0.25) is 0 Å². The summed E-state index contributed by atoms with van der Waals surface area (Å²) in [5.41, 5.74) is 2.24. The smallest absolute Gasteiger partial charge is 0.0470 e. The SMILES string of the molecule is c1ccc2c(c1)ccc1c2ccc2c1ccc1cccc(Nc3cccc4ccc5c6ccc7ccccc7c6ccc5c34)c12. The topological polar surface area (TPSA) is 12.0 Å². The highest BCUT2D eigenvalue weighted by Gasteiger charge is 2.14. The molecule has 0 saturated carbocycles. The van der Waals surface area contributed by atoms with Gasteiger partial charge < -0.3 is 5.32 Å². The van der Waals surface area contributed by atoms with Crippen LogP contribution < -0.4 is 5.32 Å². The van der Waals surface area contributed by atoms with Crippen molar-refractivity contribution in [2.24, 2.45) is 0 Å². The zero-order chi connectivity index (χ0) is 29.5. The summed E-state index contributed by atoms with van der Waals surface area (Å²) in [5.74, 6) is 0. The van der Waals surface area contributed by atoms with Gasteiger partial charge in [-0.15, -0.1) is 0 Å². The Labute approximate surface area is 259 Å². The lowest BCUT2D eigenvalue weighted by molar-refractivity contribution is 1.63. The number of rotatable bonds is 2. The van der Waals surface area contributed by atoms with Crippen LogP contribution in [0, 0.1) is 0 Å². The molecular formula is C44H27N.